The molecule has 0 spiro atoms. The quantitative estimate of drug-likeness (QED) is 0.886. The molecule has 3 rings (SSSR count). The van der Waals surface area contributed by atoms with Gasteiger partial charge in [0.05, 0.1) is 6.10 Å². The minimum absolute atomic E-state index is 0.0230. The minimum Gasteiger partial charge on any atom is -0.392 e. The molecule has 2 atom stereocenters. The number of anilines is 1. The van der Waals surface area contributed by atoms with Crippen molar-refractivity contribution in [3.8, 4) is 0 Å². The van der Waals surface area contributed by atoms with Gasteiger partial charge in [-0.25, -0.2) is 4.39 Å². The van der Waals surface area contributed by atoms with Gasteiger partial charge in [-0.2, -0.15) is 0 Å². The van der Waals surface area contributed by atoms with E-state index in [1.54, 1.807) is 6.07 Å². The minimum atomic E-state index is -0.245. The fourth-order valence-corrected chi connectivity index (χ4v) is 3.58. The SMILES string of the molecule is CC1(C)CCC(CN2CCc3ccc(F)cc32)C1O. The highest BCUT2D eigenvalue weighted by Crippen LogP contribution is 2.42. The summed E-state index contributed by atoms with van der Waals surface area (Å²) in [4.78, 5) is 2.24. The summed E-state index contributed by atoms with van der Waals surface area (Å²) in [5, 5.41) is 10.4. The van der Waals surface area contributed by atoms with E-state index >= 15 is 0 Å². The van der Waals surface area contributed by atoms with Gasteiger partial charge < -0.3 is 10.0 Å². The second-order valence-corrected chi connectivity index (χ2v) is 6.70. The van der Waals surface area contributed by atoms with E-state index in [4.69, 9.17) is 0 Å². The first-order valence-corrected chi connectivity index (χ1v) is 7.19. The van der Waals surface area contributed by atoms with E-state index in [0.29, 0.717) is 5.92 Å². The van der Waals surface area contributed by atoms with Crippen LogP contribution in [-0.4, -0.2) is 24.3 Å². The molecule has 0 radical (unpaired) electrons. The number of fused-ring (bicyclic) bond motifs is 1. The van der Waals surface area contributed by atoms with Crippen molar-refractivity contribution in [1.82, 2.24) is 0 Å². The number of aliphatic hydroxyl groups excluding tert-OH is 1. The second kappa shape index (κ2) is 4.48. The van der Waals surface area contributed by atoms with E-state index in [9.17, 15) is 9.50 Å². The highest BCUT2D eigenvalue weighted by Gasteiger charge is 2.41. The summed E-state index contributed by atoms with van der Waals surface area (Å²) in [6, 6.07) is 5.06. The van der Waals surface area contributed by atoms with E-state index in [0.717, 1.165) is 38.0 Å². The summed E-state index contributed by atoms with van der Waals surface area (Å²) in [5.74, 6) is 0.141. The van der Waals surface area contributed by atoms with Gasteiger partial charge in [0, 0.05) is 24.7 Å². The Morgan fingerprint density at radius 3 is 2.89 bits per heavy atom. The molecule has 0 amide bonds. The van der Waals surface area contributed by atoms with Crippen LogP contribution in [0.5, 0.6) is 0 Å². The number of nitrogens with zero attached hydrogens (tertiary/aromatic N) is 1. The predicted octanol–water partition coefficient (Wildman–Crippen LogP) is 2.99. The third-order valence-corrected chi connectivity index (χ3v) is 4.90. The Kier molecular flexibility index (Phi) is 3.05. The van der Waals surface area contributed by atoms with Crippen molar-refractivity contribution in [3.05, 3.63) is 29.6 Å². The van der Waals surface area contributed by atoms with E-state index < -0.39 is 0 Å². The molecule has 104 valence electrons. The van der Waals surface area contributed by atoms with Crippen LogP contribution in [0.15, 0.2) is 18.2 Å². The molecule has 1 aliphatic carbocycles. The zero-order chi connectivity index (χ0) is 13.6. The first-order chi connectivity index (χ1) is 8.97. The van der Waals surface area contributed by atoms with Crippen LogP contribution < -0.4 is 4.90 Å². The third kappa shape index (κ3) is 2.25. The Morgan fingerprint density at radius 1 is 1.42 bits per heavy atom. The summed E-state index contributed by atoms with van der Waals surface area (Å²) in [6.45, 7) is 6.06. The molecule has 2 nitrogen and oxygen atoms in total. The number of aliphatic hydroxyl groups is 1. The van der Waals surface area contributed by atoms with E-state index in [1.165, 1.54) is 11.6 Å². The average molecular weight is 263 g/mol. The monoisotopic (exact) mass is 263 g/mol. The van der Waals surface area contributed by atoms with Crippen LogP contribution >= 0.6 is 0 Å². The van der Waals surface area contributed by atoms with Gasteiger partial charge in [0.1, 0.15) is 5.82 Å². The van der Waals surface area contributed by atoms with Crippen molar-refractivity contribution < 1.29 is 9.50 Å². The van der Waals surface area contributed by atoms with Gasteiger partial charge in [-0.15, -0.1) is 0 Å². The maximum Gasteiger partial charge on any atom is 0.125 e. The average Bonchev–Trinajstić information content (AvgIpc) is 2.86. The van der Waals surface area contributed by atoms with Crippen molar-refractivity contribution in [1.29, 1.82) is 0 Å². The van der Waals surface area contributed by atoms with Gasteiger partial charge in [0.2, 0.25) is 0 Å². The first kappa shape index (κ1) is 12.9. The lowest BCUT2D eigenvalue weighted by molar-refractivity contribution is 0.0482. The van der Waals surface area contributed by atoms with Crippen molar-refractivity contribution in [2.75, 3.05) is 18.0 Å². The maximum absolute atomic E-state index is 13.4. The van der Waals surface area contributed by atoms with Crippen LogP contribution in [0.3, 0.4) is 0 Å². The molecule has 1 fully saturated rings. The number of halogens is 1. The molecule has 1 aromatic rings. The molecule has 19 heavy (non-hydrogen) atoms. The molecule has 1 aliphatic heterocycles. The Hall–Kier alpha value is -1.09. The maximum atomic E-state index is 13.4. The van der Waals surface area contributed by atoms with Crippen molar-refractivity contribution in [2.24, 2.45) is 11.3 Å². The van der Waals surface area contributed by atoms with Gasteiger partial charge in [-0.3, -0.25) is 0 Å². The molecule has 1 aromatic carbocycles. The smallest absolute Gasteiger partial charge is 0.125 e. The van der Waals surface area contributed by atoms with Crippen molar-refractivity contribution in [3.63, 3.8) is 0 Å². The Labute approximate surface area is 114 Å². The number of hydrogen-bond acceptors (Lipinski definition) is 2. The highest BCUT2D eigenvalue weighted by atomic mass is 19.1. The lowest BCUT2D eigenvalue weighted by Crippen LogP contribution is -2.36. The molecule has 3 heteroatoms. The second-order valence-electron chi connectivity index (χ2n) is 6.70. The first-order valence-electron chi connectivity index (χ1n) is 7.19. The largest absolute Gasteiger partial charge is 0.392 e. The fraction of sp³-hybridized carbons (Fsp3) is 0.625. The van der Waals surface area contributed by atoms with Gasteiger partial charge in [0.15, 0.2) is 0 Å². The van der Waals surface area contributed by atoms with Crippen LogP contribution in [0.1, 0.15) is 32.3 Å². The normalized spacial score (nSPS) is 28.7. The molecule has 1 N–H and O–H groups in total. The Morgan fingerprint density at radius 2 is 2.21 bits per heavy atom. The predicted molar refractivity (Wildman–Crippen MR) is 74.8 cm³/mol. The van der Waals surface area contributed by atoms with Crippen LogP contribution in [0.4, 0.5) is 10.1 Å². The van der Waals surface area contributed by atoms with E-state index in [2.05, 4.69) is 18.7 Å². The van der Waals surface area contributed by atoms with Crippen molar-refractivity contribution >= 4 is 5.69 Å². The molecule has 0 saturated heterocycles. The Balaban J connectivity index is 1.75. The summed E-state index contributed by atoms with van der Waals surface area (Å²) < 4.78 is 13.4. The van der Waals surface area contributed by atoms with Gasteiger partial charge >= 0.3 is 0 Å². The summed E-state index contributed by atoms with van der Waals surface area (Å²) in [6.07, 6.45) is 2.88. The van der Waals surface area contributed by atoms with Gasteiger partial charge in [-0.05, 0) is 42.4 Å². The Bertz CT molecular complexity index is 486. The van der Waals surface area contributed by atoms with Crippen LogP contribution in [0.25, 0.3) is 0 Å². The number of rotatable bonds is 2. The molecule has 1 saturated carbocycles. The van der Waals surface area contributed by atoms with Crippen molar-refractivity contribution in [2.45, 2.75) is 39.2 Å². The summed E-state index contributed by atoms with van der Waals surface area (Å²) in [5.41, 5.74) is 2.28. The molecule has 2 aliphatic rings. The van der Waals surface area contributed by atoms with Gasteiger partial charge in [-0.1, -0.05) is 19.9 Å². The summed E-state index contributed by atoms with van der Waals surface area (Å²) >= 11 is 0. The zero-order valence-electron chi connectivity index (χ0n) is 11.7. The lowest BCUT2D eigenvalue weighted by Gasteiger charge is -2.29. The lowest BCUT2D eigenvalue weighted by atomic mass is 9.87. The molecular formula is C16H22FNO. The third-order valence-electron chi connectivity index (χ3n) is 4.90. The highest BCUT2D eigenvalue weighted by molar-refractivity contribution is 5.58. The molecule has 0 aromatic heterocycles. The molecule has 1 heterocycles. The summed E-state index contributed by atoms with van der Waals surface area (Å²) in [7, 11) is 0. The van der Waals surface area contributed by atoms with Gasteiger partial charge in [0.25, 0.3) is 0 Å². The van der Waals surface area contributed by atoms with E-state index in [1.807, 2.05) is 6.07 Å². The topological polar surface area (TPSA) is 23.5 Å². The standard InChI is InChI=1S/C16H22FNO/c1-16(2)7-5-12(15(16)19)10-18-8-6-11-3-4-13(17)9-14(11)18/h3-4,9,12,15,19H,5-8,10H2,1-2H3. The molecule has 2 unspecified atom stereocenters. The van der Waals surface area contributed by atoms with Crippen LogP contribution in [0, 0.1) is 17.2 Å². The number of benzene rings is 1. The van der Waals surface area contributed by atoms with Crippen LogP contribution in [0.2, 0.25) is 0 Å². The van der Waals surface area contributed by atoms with E-state index in [-0.39, 0.29) is 17.3 Å². The fourth-order valence-electron chi connectivity index (χ4n) is 3.58. The molecular weight excluding hydrogens is 241 g/mol. The zero-order valence-corrected chi connectivity index (χ0v) is 11.7. The van der Waals surface area contributed by atoms with Crippen LogP contribution in [-0.2, 0) is 6.42 Å². The molecule has 0 bridgehead atoms. The number of hydrogen-bond donors (Lipinski definition) is 1.